The fourth-order valence-corrected chi connectivity index (χ4v) is 3.00. The van der Waals surface area contributed by atoms with E-state index < -0.39 is 17.0 Å². The predicted molar refractivity (Wildman–Crippen MR) is 79.0 cm³/mol. The monoisotopic (exact) mass is 293 g/mol. The van der Waals surface area contributed by atoms with Gasteiger partial charge in [0.1, 0.15) is 0 Å². The van der Waals surface area contributed by atoms with E-state index in [4.69, 9.17) is 0 Å². The van der Waals surface area contributed by atoms with Crippen LogP contribution in [0.3, 0.4) is 0 Å². The minimum atomic E-state index is -0.864. The van der Waals surface area contributed by atoms with Crippen LogP contribution in [0, 0.1) is 24.0 Å². The Morgan fingerprint density at radius 1 is 1.24 bits per heavy atom. The fraction of sp³-hybridized carbons (Fsp3) is 0.471. The average molecular weight is 293 g/mol. The molecule has 1 aliphatic carbocycles. The second-order valence-electron chi connectivity index (χ2n) is 6.64. The summed E-state index contributed by atoms with van der Waals surface area (Å²) in [5.74, 6) is -1.83. The molecule has 21 heavy (non-hydrogen) atoms. The van der Waals surface area contributed by atoms with Crippen LogP contribution in [0.4, 0.5) is 8.78 Å². The molecule has 2 rings (SSSR count). The van der Waals surface area contributed by atoms with Crippen molar-refractivity contribution in [2.24, 2.45) is 5.41 Å². The van der Waals surface area contributed by atoms with Gasteiger partial charge in [-0.1, -0.05) is 13.8 Å². The summed E-state index contributed by atoms with van der Waals surface area (Å²) >= 11 is 0. The molecule has 1 fully saturated rings. The molecular formula is C17H21F2NO. The number of nitrogens with zero attached hydrogens (tertiary/aromatic N) is 1. The first kappa shape index (κ1) is 15.7. The number of Topliss-reactive ketones (excluding diaryl/α,β-unsaturated/α-hetero) is 1. The van der Waals surface area contributed by atoms with Gasteiger partial charge in [-0.15, -0.1) is 0 Å². The Morgan fingerprint density at radius 2 is 1.81 bits per heavy atom. The van der Waals surface area contributed by atoms with Crippen LogP contribution in [-0.4, -0.2) is 24.8 Å². The summed E-state index contributed by atoms with van der Waals surface area (Å²) in [5, 5.41) is 0. The standard InChI is InChI=1S/C17H21F2NO/c1-10-6-14(18)15(19)7-11(10)12-8-17(2,3)16(21)13(12)9-20(4)5/h6-7,9,12H,8H2,1-5H3/b13-9-/t12-/m1/s1. The van der Waals surface area contributed by atoms with Crippen molar-refractivity contribution in [2.45, 2.75) is 33.1 Å². The van der Waals surface area contributed by atoms with E-state index in [2.05, 4.69) is 0 Å². The molecule has 4 heteroatoms. The number of hydrogen-bond acceptors (Lipinski definition) is 2. The second-order valence-corrected chi connectivity index (χ2v) is 6.64. The van der Waals surface area contributed by atoms with Crippen molar-refractivity contribution in [1.82, 2.24) is 4.90 Å². The summed E-state index contributed by atoms with van der Waals surface area (Å²) in [4.78, 5) is 14.4. The molecular weight excluding hydrogens is 272 g/mol. The molecule has 0 saturated heterocycles. The maximum Gasteiger partial charge on any atom is 0.166 e. The molecule has 0 bridgehead atoms. The summed E-state index contributed by atoms with van der Waals surface area (Å²) in [5.41, 5.74) is 1.55. The maximum atomic E-state index is 13.6. The summed E-state index contributed by atoms with van der Waals surface area (Å²) in [6.45, 7) is 5.54. The lowest BCUT2D eigenvalue weighted by Crippen LogP contribution is -2.18. The fourth-order valence-electron chi connectivity index (χ4n) is 3.00. The zero-order chi connectivity index (χ0) is 15.9. The van der Waals surface area contributed by atoms with Gasteiger partial charge in [-0.25, -0.2) is 8.78 Å². The highest BCUT2D eigenvalue weighted by Crippen LogP contribution is 2.48. The summed E-state index contributed by atoms with van der Waals surface area (Å²) in [6, 6.07) is 2.43. The molecule has 2 nitrogen and oxygen atoms in total. The minimum absolute atomic E-state index is 0.0744. The first-order valence-corrected chi connectivity index (χ1v) is 7.02. The number of ketones is 1. The van der Waals surface area contributed by atoms with E-state index >= 15 is 0 Å². The lowest BCUT2D eigenvalue weighted by molar-refractivity contribution is -0.121. The number of carbonyl (C=O) groups excluding carboxylic acids is 1. The van der Waals surface area contributed by atoms with Crippen LogP contribution in [0.1, 0.15) is 37.3 Å². The Morgan fingerprint density at radius 3 is 2.38 bits per heavy atom. The first-order valence-electron chi connectivity index (χ1n) is 7.02. The van der Waals surface area contributed by atoms with Gasteiger partial charge in [0.2, 0.25) is 0 Å². The van der Waals surface area contributed by atoms with E-state index in [1.165, 1.54) is 12.1 Å². The van der Waals surface area contributed by atoms with Gasteiger partial charge in [0, 0.05) is 37.2 Å². The quantitative estimate of drug-likeness (QED) is 0.773. The first-order chi connectivity index (χ1) is 9.63. The van der Waals surface area contributed by atoms with E-state index in [1.54, 1.807) is 13.1 Å². The van der Waals surface area contributed by atoms with Crippen LogP contribution in [0.5, 0.6) is 0 Å². The Hall–Kier alpha value is -1.71. The normalized spacial score (nSPS) is 22.9. The van der Waals surface area contributed by atoms with Crippen LogP contribution in [0.25, 0.3) is 0 Å². The summed E-state index contributed by atoms with van der Waals surface area (Å²) in [6.07, 6.45) is 2.40. The molecule has 0 radical (unpaired) electrons. The number of carbonyl (C=O) groups is 1. The molecule has 0 amide bonds. The Balaban J connectivity index is 2.56. The van der Waals surface area contributed by atoms with Gasteiger partial charge in [0.15, 0.2) is 17.4 Å². The number of halogens is 2. The highest BCUT2D eigenvalue weighted by Gasteiger charge is 2.44. The Kier molecular flexibility index (Phi) is 3.91. The minimum Gasteiger partial charge on any atom is -0.383 e. The second kappa shape index (κ2) is 5.24. The van der Waals surface area contributed by atoms with Gasteiger partial charge < -0.3 is 4.90 Å². The van der Waals surface area contributed by atoms with Gasteiger partial charge in [0.25, 0.3) is 0 Å². The van der Waals surface area contributed by atoms with Crippen molar-refractivity contribution in [3.63, 3.8) is 0 Å². The van der Waals surface area contributed by atoms with Gasteiger partial charge in [-0.05, 0) is 36.6 Å². The van der Waals surface area contributed by atoms with Crippen LogP contribution < -0.4 is 0 Å². The third-order valence-corrected chi connectivity index (χ3v) is 4.05. The number of rotatable bonds is 2. The van der Waals surface area contributed by atoms with E-state index in [0.29, 0.717) is 23.1 Å². The lowest BCUT2D eigenvalue weighted by Gasteiger charge is -2.17. The molecule has 1 atom stereocenters. The van der Waals surface area contributed by atoms with Gasteiger partial charge in [0.05, 0.1) is 0 Å². The molecule has 0 N–H and O–H groups in total. The SMILES string of the molecule is Cc1cc(F)c(F)cc1[C@H]1CC(C)(C)C(=O)/C1=C\N(C)C. The highest BCUT2D eigenvalue weighted by molar-refractivity contribution is 6.03. The number of hydrogen-bond donors (Lipinski definition) is 0. The molecule has 0 aliphatic heterocycles. The molecule has 1 aliphatic rings. The van der Waals surface area contributed by atoms with Crippen molar-refractivity contribution in [2.75, 3.05) is 14.1 Å². The van der Waals surface area contributed by atoms with Crippen molar-refractivity contribution in [1.29, 1.82) is 0 Å². The number of benzene rings is 1. The average Bonchev–Trinajstić information content (AvgIpc) is 2.57. The maximum absolute atomic E-state index is 13.6. The predicted octanol–water partition coefficient (Wildman–Crippen LogP) is 3.80. The smallest absolute Gasteiger partial charge is 0.166 e. The molecule has 1 saturated carbocycles. The van der Waals surface area contributed by atoms with Crippen molar-refractivity contribution in [3.05, 3.63) is 46.7 Å². The molecule has 114 valence electrons. The van der Waals surface area contributed by atoms with Crippen molar-refractivity contribution in [3.8, 4) is 0 Å². The van der Waals surface area contributed by atoms with Crippen LogP contribution >= 0.6 is 0 Å². The van der Waals surface area contributed by atoms with Crippen molar-refractivity contribution < 1.29 is 13.6 Å². The van der Waals surface area contributed by atoms with E-state index in [9.17, 15) is 13.6 Å². The van der Waals surface area contributed by atoms with Crippen LogP contribution in [-0.2, 0) is 4.79 Å². The zero-order valence-corrected chi connectivity index (χ0v) is 13.1. The molecule has 0 heterocycles. The Labute approximate surface area is 124 Å². The summed E-state index contributed by atoms with van der Waals surface area (Å²) < 4.78 is 26.9. The van der Waals surface area contributed by atoms with Gasteiger partial charge in [-0.2, -0.15) is 0 Å². The Bertz CT molecular complexity index is 617. The summed E-state index contributed by atoms with van der Waals surface area (Å²) in [7, 11) is 3.70. The van der Waals surface area contributed by atoms with E-state index in [0.717, 1.165) is 0 Å². The van der Waals surface area contributed by atoms with Gasteiger partial charge >= 0.3 is 0 Å². The number of aryl methyl sites for hydroxylation is 1. The van der Waals surface area contributed by atoms with Crippen LogP contribution in [0.2, 0.25) is 0 Å². The third kappa shape index (κ3) is 2.85. The van der Waals surface area contributed by atoms with Gasteiger partial charge in [-0.3, -0.25) is 4.79 Å². The largest absolute Gasteiger partial charge is 0.383 e. The topological polar surface area (TPSA) is 20.3 Å². The molecule has 0 unspecified atom stereocenters. The molecule has 0 aromatic heterocycles. The zero-order valence-electron chi connectivity index (χ0n) is 13.1. The molecule has 1 aromatic carbocycles. The van der Waals surface area contributed by atoms with Crippen molar-refractivity contribution >= 4 is 5.78 Å². The lowest BCUT2D eigenvalue weighted by atomic mass is 9.86. The molecule has 0 spiro atoms. The number of allylic oxidation sites excluding steroid dienone is 1. The highest BCUT2D eigenvalue weighted by atomic mass is 19.2. The third-order valence-electron chi connectivity index (χ3n) is 4.05. The van der Waals surface area contributed by atoms with Crippen LogP contribution in [0.15, 0.2) is 23.9 Å². The van der Waals surface area contributed by atoms with E-state index in [-0.39, 0.29) is 11.7 Å². The molecule has 1 aromatic rings. The van der Waals surface area contributed by atoms with E-state index in [1.807, 2.05) is 32.8 Å².